The smallest absolute Gasteiger partial charge is 0.241 e. The SMILES string of the molecule is Cc1nn(C)c(C)c1NC(=O)C(C)N(C)Cc1ccc2c(c1)OCO2. The van der Waals surface area contributed by atoms with Crippen LogP contribution in [0.5, 0.6) is 11.5 Å². The molecular weight excluding hydrogens is 320 g/mol. The zero-order valence-electron chi connectivity index (χ0n) is 15.3. The third-order valence-electron chi connectivity index (χ3n) is 4.67. The summed E-state index contributed by atoms with van der Waals surface area (Å²) < 4.78 is 12.5. The van der Waals surface area contributed by atoms with Gasteiger partial charge in [-0.1, -0.05) is 6.07 Å². The first-order chi connectivity index (χ1) is 11.9. The molecule has 0 saturated heterocycles. The van der Waals surface area contributed by atoms with Crippen molar-refractivity contribution in [2.75, 3.05) is 19.2 Å². The third-order valence-corrected chi connectivity index (χ3v) is 4.67. The lowest BCUT2D eigenvalue weighted by atomic mass is 10.1. The lowest BCUT2D eigenvalue weighted by Gasteiger charge is -2.24. The Morgan fingerprint density at radius 1 is 1.36 bits per heavy atom. The summed E-state index contributed by atoms with van der Waals surface area (Å²) in [4.78, 5) is 14.6. The van der Waals surface area contributed by atoms with Gasteiger partial charge in [0.05, 0.1) is 23.1 Å². The van der Waals surface area contributed by atoms with Gasteiger partial charge in [-0.15, -0.1) is 0 Å². The average Bonchev–Trinajstić information content (AvgIpc) is 3.13. The van der Waals surface area contributed by atoms with Crippen LogP contribution in [0.15, 0.2) is 18.2 Å². The van der Waals surface area contributed by atoms with Crippen molar-refractivity contribution in [3.63, 3.8) is 0 Å². The molecule has 0 spiro atoms. The maximum Gasteiger partial charge on any atom is 0.241 e. The molecule has 0 radical (unpaired) electrons. The maximum absolute atomic E-state index is 12.6. The van der Waals surface area contributed by atoms with E-state index in [1.54, 1.807) is 4.68 Å². The summed E-state index contributed by atoms with van der Waals surface area (Å²) >= 11 is 0. The minimum absolute atomic E-state index is 0.0533. The molecule has 1 unspecified atom stereocenters. The zero-order valence-corrected chi connectivity index (χ0v) is 15.3. The molecule has 1 aromatic carbocycles. The number of nitrogens with one attached hydrogen (secondary N) is 1. The molecule has 2 aromatic rings. The van der Waals surface area contributed by atoms with Crippen LogP contribution in [0, 0.1) is 13.8 Å². The number of hydrogen-bond acceptors (Lipinski definition) is 5. The largest absolute Gasteiger partial charge is 0.454 e. The van der Waals surface area contributed by atoms with Crippen molar-refractivity contribution < 1.29 is 14.3 Å². The van der Waals surface area contributed by atoms with Gasteiger partial charge in [0.2, 0.25) is 12.7 Å². The molecule has 2 heterocycles. The maximum atomic E-state index is 12.6. The number of carbonyl (C=O) groups excluding carboxylic acids is 1. The molecule has 3 rings (SSSR count). The van der Waals surface area contributed by atoms with E-state index in [1.165, 1.54) is 0 Å². The van der Waals surface area contributed by atoms with Gasteiger partial charge in [0.15, 0.2) is 11.5 Å². The lowest BCUT2D eigenvalue weighted by Crippen LogP contribution is -2.39. The molecule has 7 heteroatoms. The Morgan fingerprint density at radius 2 is 2.08 bits per heavy atom. The van der Waals surface area contributed by atoms with Crippen molar-refractivity contribution in [1.82, 2.24) is 14.7 Å². The van der Waals surface area contributed by atoms with Gasteiger partial charge in [-0.3, -0.25) is 14.4 Å². The van der Waals surface area contributed by atoms with E-state index >= 15 is 0 Å². The van der Waals surface area contributed by atoms with Gasteiger partial charge >= 0.3 is 0 Å². The number of carbonyl (C=O) groups is 1. The number of fused-ring (bicyclic) bond motifs is 1. The summed E-state index contributed by atoms with van der Waals surface area (Å²) in [7, 11) is 3.80. The molecule has 7 nitrogen and oxygen atoms in total. The van der Waals surface area contributed by atoms with Crippen molar-refractivity contribution in [3.8, 4) is 11.5 Å². The van der Waals surface area contributed by atoms with Crippen molar-refractivity contribution in [2.45, 2.75) is 33.4 Å². The Kier molecular flexibility index (Phi) is 4.67. The standard InChI is InChI=1S/C18H24N4O3/c1-11-17(12(2)22(5)20-11)19-18(23)13(3)21(4)9-14-6-7-15-16(8-14)25-10-24-15/h6-8,13H,9-10H2,1-5H3,(H,19,23). The number of amides is 1. The quantitative estimate of drug-likeness (QED) is 0.901. The Bertz CT molecular complexity index is 800. The van der Waals surface area contributed by atoms with Crippen LogP contribution in [0.25, 0.3) is 0 Å². The van der Waals surface area contributed by atoms with Crippen LogP contribution in [0.2, 0.25) is 0 Å². The highest BCUT2D eigenvalue weighted by molar-refractivity contribution is 5.95. The number of aromatic nitrogens is 2. The number of nitrogens with zero attached hydrogens (tertiary/aromatic N) is 3. The van der Waals surface area contributed by atoms with Crippen molar-refractivity contribution in [2.24, 2.45) is 7.05 Å². The van der Waals surface area contributed by atoms with Gasteiger partial charge in [-0.05, 0) is 45.5 Å². The number of aryl methyl sites for hydroxylation is 2. The molecule has 1 aromatic heterocycles. The monoisotopic (exact) mass is 344 g/mol. The fraction of sp³-hybridized carbons (Fsp3) is 0.444. The number of rotatable bonds is 5. The highest BCUT2D eigenvalue weighted by atomic mass is 16.7. The summed E-state index contributed by atoms with van der Waals surface area (Å²) in [5.41, 5.74) is 3.62. The summed E-state index contributed by atoms with van der Waals surface area (Å²) in [6, 6.07) is 5.56. The predicted molar refractivity (Wildman–Crippen MR) is 94.8 cm³/mol. The minimum atomic E-state index is -0.288. The van der Waals surface area contributed by atoms with Crippen LogP contribution >= 0.6 is 0 Å². The first kappa shape index (κ1) is 17.3. The third kappa shape index (κ3) is 3.46. The first-order valence-electron chi connectivity index (χ1n) is 8.26. The molecule has 134 valence electrons. The zero-order chi connectivity index (χ0) is 18.1. The highest BCUT2D eigenvalue weighted by Gasteiger charge is 2.22. The second-order valence-electron chi connectivity index (χ2n) is 6.44. The first-order valence-corrected chi connectivity index (χ1v) is 8.26. The van der Waals surface area contributed by atoms with Gasteiger partial charge in [-0.25, -0.2) is 0 Å². The molecule has 1 aliphatic heterocycles. The molecule has 0 bridgehead atoms. The van der Waals surface area contributed by atoms with Gasteiger partial charge in [0, 0.05) is 13.6 Å². The van der Waals surface area contributed by atoms with Gasteiger partial charge in [-0.2, -0.15) is 5.10 Å². The number of anilines is 1. The van der Waals surface area contributed by atoms with E-state index in [1.807, 2.05) is 58.0 Å². The molecule has 1 N–H and O–H groups in total. The Balaban J connectivity index is 1.65. The molecule has 1 atom stereocenters. The van der Waals surface area contributed by atoms with E-state index < -0.39 is 0 Å². The average molecular weight is 344 g/mol. The highest BCUT2D eigenvalue weighted by Crippen LogP contribution is 2.32. The van der Waals surface area contributed by atoms with Gasteiger partial charge in [0.25, 0.3) is 0 Å². The fourth-order valence-electron chi connectivity index (χ4n) is 2.85. The van der Waals surface area contributed by atoms with E-state index in [9.17, 15) is 4.79 Å². The van der Waals surface area contributed by atoms with Gasteiger partial charge in [0.1, 0.15) is 0 Å². The lowest BCUT2D eigenvalue weighted by molar-refractivity contribution is -0.120. The normalized spacial score (nSPS) is 14.0. The van der Waals surface area contributed by atoms with Crippen LogP contribution in [-0.4, -0.2) is 40.5 Å². The Morgan fingerprint density at radius 3 is 2.76 bits per heavy atom. The summed E-state index contributed by atoms with van der Waals surface area (Å²) in [6.07, 6.45) is 0. The molecule has 25 heavy (non-hydrogen) atoms. The second kappa shape index (κ2) is 6.76. The summed E-state index contributed by atoms with van der Waals surface area (Å²) in [5, 5.41) is 7.33. The molecule has 1 amide bonds. The fourth-order valence-corrected chi connectivity index (χ4v) is 2.85. The Hall–Kier alpha value is -2.54. The number of likely N-dealkylation sites (N-methyl/N-ethyl adjacent to an activating group) is 1. The van der Waals surface area contributed by atoms with Crippen LogP contribution in [-0.2, 0) is 18.4 Å². The number of hydrogen-bond donors (Lipinski definition) is 1. The second-order valence-corrected chi connectivity index (χ2v) is 6.44. The van der Waals surface area contributed by atoms with Crippen LogP contribution in [0.3, 0.4) is 0 Å². The van der Waals surface area contributed by atoms with Crippen LogP contribution in [0.1, 0.15) is 23.9 Å². The molecule has 0 saturated carbocycles. The van der Waals surface area contributed by atoms with Gasteiger partial charge < -0.3 is 14.8 Å². The summed E-state index contributed by atoms with van der Waals surface area (Å²) in [6.45, 7) is 6.62. The van der Waals surface area contributed by atoms with Crippen molar-refractivity contribution in [3.05, 3.63) is 35.2 Å². The molecular formula is C18H24N4O3. The van der Waals surface area contributed by atoms with E-state index in [0.717, 1.165) is 34.1 Å². The molecule has 0 aliphatic carbocycles. The molecule has 0 fully saturated rings. The van der Waals surface area contributed by atoms with E-state index in [4.69, 9.17) is 9.47 Å². The van der Waals surface area contributed by atoms with Crippen LogP contribution < -0.4 is 14.8 Å². The van der Waals surface area contributed by atoms with Crippen molar-refractivity contribution in [1.29, 1.82) is 0 Å². The minimum Gasteiger partial charge on any atom is -0.454 e. The number of ether oxygens (including phenoxy) is 2. The predicted octanol–water partition coefficient (Wildman–Crippen LogP) is 2.22. The summed E-state index contributed by atoms with van der Waals surface area (Å²) in [5.74, 6) is 1.46. The topological polar surface area (TPSA) is 68.6 Å². The van der Waals surface area contributed by atoms with E-state index in [-0.39, 0.29) is 18.7 Å². The molecule has 1 aliphatic rings. The van der Waals surface area contributed by atoms with E-state index in [0.29, 0.717) is 6.54 Å². The van der Waals surface area contributed by atoms with E-state index in [2.05, 4.69) is 10.4 Å². The van der Waals surface area contributed by atoms with Crippen LogP contribution in [0.4, 0.5) is 5.69 Å². The number of benzene rings is 1. The van der Waals surface area contributed by atoms with Crippen molar-refractivity contribution >= 4 is 11.6 Å². The Labute approximate surface area is 147 Å².